The molecular formula is C67H72F2N8O18S4. The third-order valence-electron chi connectivity index (χ3n) is 16.7. The third kappa shape index (κ3) is 17.3. The number of hydrogen-bond donors (Lipinski definition) is 1. The highest BCUT2D eigenvalue weighted by Crippen LogP contribution is 2.48. The van der Waals surface area contributed by atoms with Gasteiger partial charge in [-0.15, -0.1) is 0 Å². The van der Waals surface area contributed by atoms with Gasteiger partial charge in [0, 0.05) is 99.7 Å². The lowest BCUT2D eigenvalue weighted by Gasteiger charge is -2.26. The first kappa shape index (κ1) is 71.9. The van der Waals surface area contributed by atoms with Crippen molar-refractivity contribution in [3.05, 3.63) is 202 Å². The van der Waals surface area contributed by atoms with Gasteiger partial charge in [-0.05, 0) is 70.8 Å². The number of pyridine rings is 2. The van der Waals surface area contributed by atoms with Crippen molar-refractivity contribution < 1.29 is 89.2 Å². The molecule has 2 amide bonds. The number of benzene rings is 6. The van der Waals surface area contributed by atoms with Crippen molar-refractivity contribution in [2.24, 2.45) is 0 Å². The zero-order valence-corrected chi connectivity index (χ0v) is 57.2. The molecule has 6 aromatic carbocycles. The molecule has 8 heterocycles. The van der Waals surface area contributed by atoms with Gasteiger partial charge in [-0.25, -0.2) is 25.6 Å². The number of hydrogen-bond acceptors (Lipinski definition) is 20. The van der Waals surface area contributed by atoms with E-state index in [1.54, 1.807) is 59.6 Å². The van der Waals surface area contributed by atoms with Gasteiger partial charge in [0.25, 0.3) is 11.8 Å². The number of rotatable bonds is 16. The van der Waals surface area contributed by atoms with Crippen LogP contribution >= 0.6 is 0 Å². The van der Waals surface area contributed by atoms with Gasteiger partial charge >= 0.3 is 20.6 Å². The van der Waals surface area contributed by atoms with Crippen LogP contribution in [0.2, 0.25) is 0 Å². The van der Waals surface area contributed by atoms with Gasteiger partial charge in [-0.2, -0.15) is 34.1 Å². The van der Waals surface area contributed by atoms with Crippen molar-refractivity contribution in [1.29, 1.82) is 0 Å². The molecule has 0 bridgehead atoms. The average Bonchev–Trinajstić information content (AvgIpc) is 1.66. The topological polar surface area (TPSA) is 301 Å². The predicted molar refractivity (Wildman–Crippen MR) is 359 cm³/mol. The lowest BCUT2D eigenvalue weighted by Crippen LogP contribution is -2.42. The van der Waals surface area contributed by atoms with Gasteiger partial charge in [0.15, 0.2) is 23.0 Å². The van der Waals surface area contributed by atoms with E-state index in [0.29, 0.717) is 80.2 Å². The number of fused-ring (bicyclic) bond motifs is 4. The number of carbonyl (C=O) groups is 2. The highest BCUT2D eigenvalue weighted by molar-refractivity contribution is 7.88. The minimum Gasteiger partial charge on any atom is -0.505 e. The van der Waals surface area contributed by atoms with E-state index in [9.17, 15) is 57.1 Å². The van der Waals surface area contributed by atoms with Gasteiger partial charge in [0.05, 0.1) is 89.6 Å². The van der Waals surface area contributed by atoms with Gasteiger partial charge in [-0.3, -0.25) is 19.6 Å². The van der Waals surface area contributed by atoms with Crippen LogP contribution in [0.4, 0.5) is 8.78 Å². The minimum atomic E-state index is -4.26. The van der Waals surface area contributed by atoms with E-state index in [1.165, 1.54) is 65.1 Å². The van der Waals surface area contributed by atoms with E-state index < -0.39 is 58.5 Å². The van der Waals surface area contributed by atoms with Crippen LogP contribution in [0.15, 0.2) is 146 Å². The average molecular weight is 1440 g/mol. The molecule has 0 atom stereocenters. The van der Waals surface area contributed by atoms with Crippen molar-refractivity contribution in [3.63, 3.8) is 0 Å². The summed E-state index contributed by atoms with van der Waals surface area (Å²) in [6.45, 7) is 6.03. The number of amides is 2. The number of aromatic nitrogens is 2. The summed E-state index contributed by atoms with van der Waals surface area (Å²) in [5.41, 5.74) is 4.24. The second-order valence-electron chi connectivity index (χ2n) is 23.4. The summed E-state index contributed by atoms with van der Waals surface area (Å²) >= 11 is 0. The Bertz CT molecular complexity index is 4580. The molecule has 14 rings (SSSR count). The van der Waals surface area contributed by atoms with Gasteiger partial charge in [0.1, 0.15) is 28.8 Å². The second-order valence-corrected chi connectivity index (χ2v) is 30.4. The molecule has 4 fully saturated rings. The highest BCUT2D eigenvalue weighted by Gasteiger charge is 2.41. The number of sulfonamides is 2. The molecule has 526 valence electrons. The van der Waals surface area contributed by atoms with E-state index >= 15 is 0 Å². The van der Waals surface area contributed by atoms with Crippen molar-refractivity contribution in [3.8, 4) is 23.0 Å². The van der Waals surface area contributed by atoms with Crippen LogP contribution < -0.4 is 13.1 Å². The fourth-order valence-corrected chi connectivity index (χ4v) is 15.5. The molecular weight excluding hydrogens is 1370 g/mol. The molecule has 0 unspecified atom stereocenters. The predicted octanol–water partition coefficient (Wildman–Crippen LogP) is 6.40. The first-order valence-electron chi connectivity index (χ1n) is 31.5. The van der Waals surface area contributed by atoms with Crippen LogP contribution in [0, 0.1) is 11.6 Å². The Morgan fingerprint density at radius 2 is 0.808 bits per heavy atom. The van der Waals surface area contributed by atoms with Crippen LogP contribution in [-0.2, 0) is 85.8 Å². The van der Waals surface area contributed by atoms with Gasteiger partial charge < -0.3 is 47.0 Å². The van der Waals surface area contributed by atoms with Crippen molar-refractivity contribution >= 4 is 74.3 Å². The standard InChI is InChI=1S/C35H30FN3O6S.C22H20FN3O6S.2C5H11NO3S/c36-27-15-13-24(14-16-27)22-38-23-29-30(35(38)40)34(44-32(25-8-3-1-4-9-25)26-10-5-2-6-11-26)31-28(12-7-17-37-31)33(29)45-46(41,42)39-18-20-43-21-19-39;23-15-5-3-14(4-6-15)12-25-13-17-18(22(25)28)20(27)19-16(2-1-7-24-19)21(17)32-33(29,30)26-8-10-31-11-9-26;2*1-10(7,8)6-2-4-9-5-3-6/h1-17,32H,18-23H2;1-7,27H,8-13H2;2*2-5H2,1H3. The monoisotopic (exact) mass is 1440 g/mol. The molecule has 2 aromatic heterocycles. The summed E-state index contributed by atoms with van der Waals surface area (Å²) < 4.78 is 168. The SMILES string of the molecule is CS(=O)(=O)N1CCOCC1.CS(=O)(=O)N1CCOCC1.O=C1c2c(c(OS(=O)(=O)N3CCOCC3)c3cccnc3c2O)CN1Cc1ccc(F)cc1.O=C1c2c(c(OS(=O)(=O)N3CCOCC3)c3cccnc3c2OC(c2ccccc2)c2ccccc2)CN1Cc1ccc(F)cc1. The van der Waals surface area contributed by atoms with Crippen LogP contribution in [0.25, 0.3) is 21.8 Å². The van der Waals surface area contributed by atoms with Crippen LogP contribution in [0.3, 0.4) is 0 Å². The fourth-order valence-electron chi connectivity index (χ4n) is 11.7. The number of aromatic hydroxyl groups is 1. The zero-order chi connectivity index (χ0) is 70.1. The number of carbonyl (C=O) groups excluding carboxylic acids is 2. The van der Waals surface area contributed by atoms with Gasteiger partial charge in [0.2, 0.25) is 20.0 Å². The Morgan fingerprint density at radius 3 is 1.19 bits per heavy atom. The third-order valence-corrected chi connectivity index (χ3v) is 22.1. The maximum Gasteiger partial charge on any atom is 0.385 e. The normalized spacial score (nSPS) is 17.4. The van der Waals surface area contributed by atoms with E-state index in [4.69, 9.17) is 32.1 Å². The Morgan fingerprint density at radius 1 is 0.455 bits per heavy atom. The number of phenols is 1. The molecule has 6 aliphatic rings. The molecule has 0 aliphatic carbocycles. The Balaban J connectivity index is 0.000000160. The number of phenolic OH excluding ortho intramolecular Hbond substituents is 1. The van der Waals surface area contributed by atoms with Crippen molar-refractivity contribution in [2.75, 3.05) is 118 Å². The van der Waals surface area contributed by atoms with Crippen molar-refractivity contribution in [1.82, 2.24) is 37.0 Å². The second kappa shape index (κ2) is 31.4. The van der Waals surface area contributed by atoms with E-state index in [-0.39, 0.29) is 141 Å². The van der Waals surface area contributed by atoms with Crippen LogP contribution in [-0.4, -0.2) is 205 Å². The maximum absolute atomic E-state index is 14.3. The number of nitrogens with zero attached hydrogens (tertiary/aromatic N) is 8. The Labute approximate surface area is 572 Å². The van der Waals surface area contributed by atoms with Gasteiger partial charge in [-0.1, -0.05) is 84.9 Å². The van der Waals surface area contributed by atoms with E-state index in [2.05, 4.69) is 9.97 Å². The maximum atomic E-state index is 14.3. The molecule has 0 radical (unpaired) electrons. The lowest BCUT2D eigenvalue weighted by atomic mass is 9.99. The molecule has 32 heteroatoms. The molecule has 0 spiro atoms. The quantitative estimate of drug-likeness (QED) is 0.109. The lowest BCUT2D eigenvalue weighted by molar-refractivity contribution is 0.0698. The summed E-state index contributed by atoms with van der Waals surface area (Å²) in [6.07, 6.45) is 4.83. The fraction of sp³-hybridized carbons (Fsp3) is 0.343. The Hall–Kier alpha value is -8.38. The summed E-state index contributed by atoms with van der Waals surface area (Å²) in [5, 5.41) is 11.5. The number of ether oxygens (including phenoxy) is 5. The first-order valence-corrected chi connectivity index (χ1v) is 37.9. The van der Waals surface area contributed by atoms with Crippen molar-refractivity contribution in [2.45, 2.75) is 32.3 Å². The summed E-state index contributed by atoms with van der Waals surface area (Å²) in [7, 11) is -14.4. The molecule has 1 N–H and O–H groups in total. The van der Waals surface area contributed by atoms with E-state index in [0.717, 1.165) is 11.1 Å². The zero-order valence-electron chi connectivity index (χ0n) is 53.9. The highest BCUT2D eigenvalue weighted by atomic mass is 32.2. The molecule has 8 aromatic rings. The summed E-state index contributed by atoms with van der Waals surface area (Å²) in [6, 6.07) is 37.5. The van der Waals surface area contributed by atoms with Crippen LogP contribution in [0.1, 0.15) is 60.2 Å². The largest absolute Gasteiger partial charge is 0.505 e. The minimum absolute atomic E-state index is 0.0118. The smallest absolute Gasteiger partial charge is 0.385 e. The number of halogens is 2. The summed E-state index contributed by atoms with van der Waals surface area (Å²) in [5.74, 6) is -1.76. The molecule has 99 heavy (non-hydrogen) atoms. The molecule has 26 nitrogen and oxygen atoms in total. The van der Waals surface area contributed by atoms with Crippen LogP contribution in [0.5, 0.6) is 23.0 Å². The first-order chi connectivity index (χ1) is 47.4. The molecule has 0 saturated carbocycles. The summed E-state index contributed by atoms with van der Waals surface area (Å²) in [4.78, 5) is 39.3. The van der Waals surface area contributed by atoms with E-state index in [1.807, 2.05) is 60.7 Å². The molecule has 4 saturated heterocycles. The Kier molecular flexibility index (Phi) is 22.8. The molecule has 6 aliphatic heterocycles. The number of morpholine rings is 4.